The predicted molar refractivity (Wildman–Crippen MR) is 52.4 cm³/mol. The van der Waals surface area contributed by atoms with E-state index in [1.165, 1.54) is 0 Å². The van der Waals surface area contributed by atoms with Gasteiger partial charge in [0.1, 0.15) is 4.83 Å². The molecule has 0 aliphatic carbocycles. The fraction of sp³-hybridized carbons (Fsp3) is 0.857. The molecule has 1 atom stereocenters. The van der Waals surface area contributed by atoms with Crippen molar-refractivity contribution in [1.82, 2.24) is 0 Å². The monoisotopic (exact) mass is 286 g/mol. The molecule has 0 rings (SSSR count). The lowest BCUT2D eigenvalue weighted by Gasteiger charge is -2.05. The summed E-state index contributed by atoms with van der Waals surface area (Å²) in [6.07, 6.45) is 1.99. The van der Waals surface area contributed by atoms with E-state index in [4.69, 9.17) is 4.74 Å². The van der Waals surface area contributed by atoms with Gasteiger partial charge in [-0.25, -0.2) is 0 Å². The van der Waals surface area contributed by atoms with Gasteiger partial charge >= 0.3 is 5.97 Å². The zero-order chi connectivity index (χ0) is 8.69. The van der Waals surface area contributed by atoms with Gasteiger partial charge in [-0.15, -0.1) is 0 Å². The molecule has 66 valence electrons. The quantitative estimate of drug-likeness (QED) is 0.441. The molecule has 0 amide bonds. The molecule has 11 heavy (non-hydrogen) atoms. The first-order valence-corrected chi connectivity index (χ1v) is 5.62. The molecular weight excluding hydrogens is 276 g/mol. The molecule has 0 bridgehead atoms. The number of carbonyl (C=O) groups is 1. The topological polar surface area (TPSA) is 26.3 Å². The summed E-state index contributed by atoms with van der Waals surface area (Å²) >= 11 is 6.35. The number of unbranched alkanes of at least 4 members (excludes halogenated alkanes) is 1. The molecule has 4 heteroatoms. The molecule has 0 fully saturated rings. The number of hydrogen-bond acceptors (Lipinski definition) is 2. The minimum absolute atomic E-state index is 0.185. The minimum atomic E-state index is -0.209. The first kappa shape index (κ1) is 11.4. The summed E-state index contributed by atoms with van der Waals surface area (Å²) in [5.41, 5.74) is 0. The zero-order valence-corrected chi connectivity index (χ0v) is 9.65. The van der Waals surface area contributed by atoms with Crippen molar-refractivity contribution < 1.29 is 9.53 Å². The van der Waals surface area contributed by atoms with Gasteiger partial charge in [-0.1, -0.05) is 45.2 Å². The smallest absolute Gasteiger partial charge is 0.320 e. The van der Waals surface area contributed by atoms with Crippen LogP contribution in [0.2, 0.25) is 0 Å². The fourth-order valence-electron chi connectivity index (χ4n) is 0.471. The van der Waals surface area contributed by atoms with Crippen LogP contribution in [0.3, 0.4) is 0 Å². The van der Waals surface area contributed by atoms with Crippen molar-refractivity contribution in [3.63, 3.8) is 0 Å². The van der Waals surface area contributed by atoms with Crippen LogP contribution in [0.5, 0.6) is 0 Å². The molecule has 0 aliphatic rings. The first-order valence-electron chi connectivity index (χ1n) is 3.59. The molecule has 0 radical (unpaired) electrons. The standard InChI is InChI=1S/C7H12Br2O2/c1-2-3-4-11-7(10)6(9)5-8/h6H,2-5H2,1H3/t6-/m0/s1. The van der Waals surface area contributed by atoms with Gasteiger partial charge in [0.15, 0.2) is 0 Å². The summed E-state index contributed by atoms with van der Waals surface area (Å²) in [6, 6.07) is 0. The van der Waals surface area contributed by atoms with Crippen LogP contribution in [0.4, 0.5) is 0 Å². The molecule has 0 spiro atoms. The SMILES string of the molecule is CCCCOC(=O)[C@@H](Br)CBr. The van der Waals surface area contributed by atoms with Crippen molar-refractivity contribution in [3.05, 3.63) is 0 Å². The van der Waals surface area contributed by atoms with Crippen LogP contribution in [-0.4, -0.2) is 22.7 Å². The summed E-state index contributed by atoms with van der Waals surface area (Å²) in [5, 5.41) is 0.595. The highest BCUT2D eigenvalue weighted by Crippen LogP contribution is 2.05. The predicted octanol–water partition coefficient (Wildman–Crippen LogP) is 2.49. The summed E-state index contributed by atoms with van der Waals surface area (Å²) < 4.78 is 4.92. The molecule has 0 aliphatic heterocycles. The van der Waals surface area contributed by atoms with Gasteiger partial charge in [0.2, 0.25) is 0 Å². The van der Waals surface area contributed by atoms with Crippen LogP contribution in [-0.2, 0) is 9.53 Å². The lowest BCUT2D eigenvalue weighted by Crippen LogP contribution is -2.18. The number of hydrogen-bond donors (Lipinski definition) is 0. The molecule has 0 saturated heterocycles. The van der Waals surface area contributed by atoms with Gasteiger partial charge in [-0.2, -0.15) is 0 Å². The highest BCUT2D eigenvalue weighted by Gasteiger charge is 2.13. The van der Waals surface area contributed by atoms with E-state index in [1.807, 2.05) is 0 Å². The van der Waals surface area contributed by atoms with E-state index in [2.05, 4.69) is 38.8 Å². The van der Waals surface area contributed by atoms with Crippen LogP contribution in [0, 0.1) is 0 Å². The van der Waals surface area contributed by atoms with Crippen LogP contribution < -0.4 is 0 Å². The highest BCUT2D eigenvalue weighted by molar-refractivity contribution is 9.12. The van der Waals surface area contributed by atoms with Crippen LogP contribution >= 0.6 is 31.9 Å². The van der Waals surface area contributed by atoms with E-state index < -0.39 is 0 Å². The highest BCUT2D eigenvalue weighted by atomic mass is 79.9. The summed E-state index contributed by atoms with van der Waals surface area (Å²) in [6.45, 7) is 2.59. The Bertz CT molecular complexity index is 117. The van der Waals surface area contributed by atoms with Crippen LogP contribution in [0.15, 0.2) is 0 Å². The number of carbonyl (C=O) groups excluding carboxylic acids is 1. The Hall–Kier alpha value is 0.430. The van der Waals surface area contributed by atoms with Crippen LogP contribution in [0.25, 0.3) is 0 Å². The number of rotatable bonds is 5. The van der Waals surface area contributed by atoms with Gasteiger partial charge in [-0.3, -0.25) is 4.79 Å². The fourth-order valence-corrected chi connectivity index (χ4v) is 0.867. The van der Waals surface area contributed by atoms with Crippen molar-refractivity contribution in [2.45, 2.75) is 24.6 Å². The number of ether oxygens (including phenoxy) is 1. The second kappa shape index (κ2) is 7.10. The molecular formula is C7H12Br2O2. The maximum atomic E-state index is 10.9. The normalized spacial score (nSPS) is 12.6. The third kappa shape index (κ3) is 5.67. The van der Waals surface area contributed by atoms with Gasteiger partial charge in [-0.05, 0) is 6.42 Å². The van der Waals surface area contributed by atoms with E-state index >= 15 is 0 Å². The molecule has 0 unspecified atom stereocenters. The maximum Gasteiger partial charge on any atom is 0.320 e. The van der Waals surface area contributed by atoms with Gasteiger partial charge in [0.25, 0.3) is 0 Å². The lowest BCUT2D eigenvalue weighted by atomic mass is 10.4. The van der Waals surface area contributed by atoms with Gasteiger partial charge in [0, 0.05) is 5.33 Å². The summed E-state index contributed by atoms with van der Waals surface area (Å²) in [4.78, 5) is 10.7. The van der Waals surface area contributed by atoms with E-state index in [9.17, 15) is 4.79 Å². The van der Waals surface area contributed by atoms with Gasteiger partial charge < -0.3 is 4.74 Å². The molecule has 0 heterocycles. The summed E-state index contributed by atoms with van der Waals surface area (Å²) in [5.74, 6) is -0.185. The number of alkyl halides is 2. The summed E-state index contributed by atoms with van der Waals surface area (Å²) in [7, 11) is 0. The zero-order valence-electron chi connectivity index (χ0n) is 6.48. The Morgan fingerprint density at radius 2 is 2.27 bits per heavy atom. The van der Waals surface area contributed by atoms with E-state index in [0.717, 1.165) is 12.8 Å². The Morgan fingerprint density at radius 3 is 2.73 bits per heavy atom. The Morgan fingerprint density at radius 1 is 1.64 bits per heavy atom. The number of esters is 1. The molecule has 0 N–H and O–H groups in total. The Labute approximate surface area is 83.9 Å². The molecule has 0 saturated carbocycles. The van der Waals surface area contributed by atoms with E-state index in [1.54, 1.807) is 0 Å². The van der Waals surface area contributed by atoms with Gasteiger partial charge in [0.05, 0.1) is 6.61 Å². The molecule has 2 nitrogen and oxygen atoms in total. The first-order chi connectivity index (χ1) is 5.22. The molecule has 0 aromatic rings. The molecule has 0 aromatic heterocycles. The van der Waals surface area contributed by atoms with Crippen molar-refractivity contribution in [2.75, 3.05) is 11.9 Å². The third-order valence-corrected chi connectivity index (χ3v) is 3.35. The number of halogens is 2. The van der Waals surface area contributed by atoms with Crippen molar-refractivity contribution in [2.24, 2.45) is 0 Å². The second-order valence-corrected chi connectivity index (χ2v) is 3.90. The Kier molecular flexibility index (Phi) is 7.38. The molecule has 0 aromatic carbocycles. The Balaban J connectivity index is 3.36. The lowest BCUT2D eigenvalue weighted by molar-refractivity contribution is -0.142. The van der Waals surface area contributed by atoms with Crippen molar-refractivity contribution in [1.29, 1.82) is 0 Å². The second-order valence-electron chi connectivity index (χ2n) is 2.14. The van der Waals surface area contributed by atoms with E-state index in [0.29, 0.717) is 11.9 Å². The minimum Gasteiger partial charge on any atom is -0.465 e. The van der Waals surface area contributed by atoms with E-state index in [-0.39, 0.29) is 10.8 Å². The van der Waals surface area contributed by atoms with Crippen molar-refractivity contribution >= 4 is 37.8 Å². The van der Waals surface area contributed by atoms with Crippen LogP contribution in [0.1, 0.15) is 19.8 Å². The third-order valence-electron chi connectivity index (χ3n) is 1.13. The van der Waals surface area contributed by atoms with Crippen molar-refractivity contribution in [3.8, 4) is 0 Å². The maximum absolute atomic E-state index is 10.9. The average Bonchev–Trinajstić information content (AvgIpc) is 2.03. The largest absolute Gasteiger partial charge is 0.465 e. The average molecular weight is 288 g/mol.